The Kier molecular flexibility index (Phi) is 2.82. The molecule has 0 saturated heterocycles. The Hall–Kier alpha value is -2.88. The fourth-order valence-corrected chi connectivity index (χ4v) is 2.98. The van der Waals surface area contributed by atoms with Crippen LogP contribution in [0.15, 0.2) is 52.8 Å². The maximum atomic E-state index is 11.3. The minimum absolute atomic E-state index is 0.345. The van der Waals surface area contributed by atoms with Crippen LogP contribution in [-0.2, 0) is 12.8 Å². The predicted octanol–water partition coefficient (Wildman–Crippen LogP) is 3.71. The number of carboxylic acids is 1. The molecule has 0 radical (unpaired) electrons. The van der Waals surface area contributed by atoms with Crippen molar-refractivity contribution in [1.29, 1.82) is 0 Å². The largest absolute Gasteiger partial charge is 0.478 e. The summed E-state index contributed by atoms with van der Waals surface area (Å²) in [6.45, 7) is 0. The van der Waals surface area contributed by atoms with E-state index in [-0.39, 0.29) is 0 Å². The quantitative estimate of drug-likeness (QED) is 0.799. The zero-order chi connectivity index (χ0) is 15.1. The molecule has 2 heterocycles. The highest BCUT2D eigenvalue weighted by Gasteiger charge is 2.20. The lowest BCUT2D eigenvalue weighted by atomic mass is 10.0. The van der Waals surface area contributed by atoms with E-state index in [0.29, 0.717) is 12.0 Å². The molecule has 0 saturated carbocycles. The maximum absolute atomic E-state index is 11.3. The van der Waals surface area contributed by atoms with E-state index in [9.17, 15) is 9.90 Å². The number of nitrogens with zero attached hydrogens (tertiary/aromatic N) is 1. The zero-order valence-electron chi connectivity index (χ0n) is 11.7. The SMILES string of the molecule is O=C(O)c1ccnc2c1CC(Cc1ccc3ccoc3c1)=C2. The van der Waals surface area contributed by atoms with Gasteiger partial charge in [0.1, 0.15) is 5.58 Å². The molecular weight excluding hydrogens is 278 g/mol. The van der Waals surface area contributed by atoms with Gasteiger partial charge in [0.15, 0.2) is 0 Å². The molecule has 0 amide bonds. The van der Waals surface area contributed by atoms with Gasteiger partial charge in [0.05, 0.1) is 17.5 Å². The molecule has 2 aromatic heterocycles. The number of carbonyl (C=O) groups is 1. The van der Waals surface area contributed by atoms with Crippen LogP contribution in [0.3, 0.4) is 0 Å². The molecule has 108 valence electrons. The Bertz CT molecular complexity index is 921. The van der Waals surface area contributed by atoms with Crippen LogP contribution in [0.1, 0.15) is 27.2 Å². The first-order chi connectivity index (χ1) is 10.7. The zero-order valence-corrected chi connectivity index (χ0v) is 11.7. The van der Waals surface area contributed by atoms with Gasteiger partial charge in [-0.05, 0) is 48.2 Å². The van der Waals surface area contributed by atoms with E-state index in [1.807, 2.05) is 24.3 Å². The predicted molar refractivity (Wildman–Crippen MR) is 82.8 cm³/mol. The van der Waals surface area contributed by atoms with Gasteiger partial charge in [-0.2, -0.15) is 0 Å². The normalized spacial score (nSPS) is 13.2. The van der Waals surface area contributed by atoms with E-state index in [2.05, 4.69) is 11.1 Å². The first kappa shape index (κ1) is 12.8. The molecule has 0 unspecified atom stereocenters. The van der Waals surface area contributed by atoms with Gasteiger partial charge in [-0.25, -0.2) is 4.79 Å². The third-order valence-electron chi connectivity index (χ3n) is 4.02. The number of pyridine rings is 1. The Morgan fingerprint density at radius 2 is 2.18 bits per heavy atom. The van der Waals surface area contributed by atoms with Gasteiger partial charge in [-0.3, -0.25) is 4.98 Å². The number of aromatic nitrogens is 1. The van der Waals surface area contributed by atoms with Crippen LogP contribution >= 0.6 is 0 Å². The number of benzene rings is 1. The van der Waals surface area contributed by atoms with Gasteiger partial charge in [0.25, 0.3) is 0 Å². The van der Waals surface area contributed by atoms with Crippen LogP contribution in [0.5, 0.6) is 0 Å². The summed E-state index contributed by atoms with van der Waals surface area (Å²) in [6.07, 6.45) is 6.64. The molecular formula is C18H13NO3. The third-order valence-corrected chi connectivity index (χ3v) is 4.02. The first-order valence-electron chi connectivity index (χ1n) is 7.07. The third kappa shape index (κ3) is 2.09. The fraction of sp³-hybridized carbons (Fsp3) is 0.111. The standard InChI is InChI=1S/C18H13NO3/c20-18(21)14-3-5-19-16-9-12(8-15(14)16)7-11-1-2-13-4-6-22-17(13)10-11/h1-6,9-10H,7-8H2,(H,20,21). The van der Waals surface area contributed by atoms with Crippen LogP contribution in [0.4, 0.5) is 0 Å². The van der Waals surface area contributed by atoms with Crippen molar-refractivity contribution < 1.29 is 14.3 Å². The second-order valence-corrected chi connectivity index (χ2v) is 5.48. The summed E-state index contributed by atoms with van der Waals surface area (Å²) in [6, 6.07) is 9.65. The summed E-state index contributed by atoms with van der Waals surface area (Å²) in [5.74, 6) is -0.898. The molecule has 22 heavy (non-hydrogen) atoms. The molecule has 4 heteroatoms. The van der Waals surface area contributed by atoms with Crippen LogP contribution in [-0.4, -0.2) is 16.1 Å². The fourth-order valence-electron chi connectivity index (χ4n) is 2.98. The molecule has 1 N–H and O–H groups in total. The molecule has 0 fully saturated rings. The van der Waals surface area contributed by atoms with E-state index < -0.39 is 5.97 Å². The number of carboxylic acid groups (broad SMARTS) is 1. The van der Waals surface area contributed by atoms with Crippen molar-refractivity contribution in [3.8, 4) is 0 Å². The highest BCUT2D eigenvalue weighted by atomic mass is 16.4. The number of hydrogen-bond donors (Lipinski definition) is 1. The molecule has 1 aromatic carbocycles. The number of rotatable bonds is 3. The second-order valence-electron chi connectivity index (χ2n) is 5.48. The van der Waals surface area contributed by atoms with Gasteiger partial charge >= 0.3 is 5.97 Å². The number of furan rings is 1. The van der Waals surface area contributed by atoms with Crippen LogP contribution < -0.4 is 0 Å². The molecule has 0 bridgehead atoms. The summed E-state index contributed by atoms with van der Waals surface area (Å²) in [4.78, 5) is 15.6. The maximum Gasteiger partial charge on any atom is 0.336 e. The lowest BCUT2D eigenvalue weighted by Gasteiger charge is -2.04. The van der Waals surface area contributed by atoms with Crippen molar-refractivity contribution >= 4 is 23.0 Å². The molecule has 4 rings (SSSR count). The molecule has 1 aliphatic rings. The van der Waals surface area contributed by atoms with Gasteiger partial charge < -0.3 is 9.52 Å². The number of aromatic carboxylic acids is 1. The summed E-state index contributed by atoms with van der Waals surface area (Å²) in [5, 5.41) is 10.3. The summed E-state index contributed by atoms with van der Waals surface area (Å²) >= 11 is 0. The summed E-state index contributed by atoms with van der Waals surface area (Å²) in [5.41, 5.74) is 5.12. The molecule has 1 aliphatic carbocycles. The van der Waals surface area contributed by atoms with Crippen LogP contribution in [0, 0.1) is 0 Å². The van der Waals surface area contributed by atoms with Gasteiger partial charge in [-0.15, -0.1) is 0 Å². The Morgan fingerprint density at radius 1 is 1.27 bits per heavy atom. The van der Waals surface area contributed by atoms with Crippen molar-refractivity contribution in [2.24, 2.45) is 0 Å². The molecule has 0 spiro atoms. The van der Waals surface area contributed by atoms with Crippen LogP contribution in [0.25, 0.3) is 17.0 Å². The topological polar surface area (TPSA) is 63.3 Å². The Balaban J connectivity index is 1.63. The van der Waals surface area contributed by atoms with Crippen molar-refractivity contribution in [3.63, 3.8) is 0 Å². The number of allylic oxidation sites excluding steroid dienone is 1. The van der Waals surface area contributed by atoms with Gasteiger partial charge in [0.2, 0.25) is 0 Å². The molecule has 4 nitrogen and oxygen atoms in total. The first-order valence-corrected chi connectivity index (χ1v) is 7.07. The highest BCUT2D eigenvalue weighted by Crippen LogP contribution is 2.29. The minimum atomic E-state index is -0.898. The average Bonchev–Trinajstić information content (AvgIpc) is 3.11. The minimum Gasteiger partial charge on any atom is -0.478 e. The molecule has 3 aromatic rings. The lowest BCUT2D eigenvalue weighted by Crippen LogP contribution is -2.03. The van der Waals surface area contributed by atoms with Crippen LogP contribution in [0.2, 0.25) is 0 Å². The van der Waals surface area contributed by atoms with E-state index in [4.69, 9.17) is 4.42 Å². The monoisotopic (exact) mass is 291 g/mol. The number of hydrogen-bond acceptors (Lipinski definition) is 3. The highest BCUT2D eigenvalue weighted by molar-refractivity contribution is 5.91. The average molecular weight is 291 g/mol. The smallest absolute Gasteiger partial charge is 0.336 e. The van der Waals surface area contributed by atoms with E-state index in [1.165, 1.54) is 5.57 Å². The van der Waals surface area contributed by atoms with Crippen molar-refractivity contribution in [1.82, 2.24) is 4.98 Å². The van der Waals surface area contributed by atoms with Crippen molar-refractivity contribution in [2.45, 2.75) is 12.8 Å². The molecule has 0 aliphatic heterocycles. The van der Waals surface area contributed by atoms with Gasteiger partial charge in [-0.1, -0.05) is 17.7 Å². The molecule has 0 atom stereocenters. The number of fused-ring (bicyclic) bond motifs is 2. The van der Waals surface area contributed by atoms with Crippen molar-refractivity contribution in [3.05, 3.63) is 70.7 Å². The van der Waals surface area contributed by atoms with Crippen molar-refractivity contribution in [2.75, 3.05) is 0 Å². The van der Waals surface area contributed by atoms with E-state index in [1.54, 1.807) is 18.5 Å². The lowest BCUT2D eigenvalue weighted by molar-refractivity contribution is 0.0695. The summed E-state index contributed by atoms with van der Waals surface area (Å²) in [7, 11) is 0. The second kappa shape index (κ2) is 4.84. The van der Waals surface area contributed by atoms with Gasteiger partial charge in [0, 0.05) is 11.6 Å². The summed E-state index contributed by atoms with van der Waals surface area (Å²) < 4.78 is 5.43. The van der Waals surface area contributed by atoms with E-state index >= 15 is 0 Å². The Morgan fingerprint density at radius 3 is 3.05 bits per heavy atom. The van der Waals surface area contributed by atoms with E-state index in [0.717, 1.165) is 34.2 Å². The Labute approximate surface area is 126 Å².